The summed E-state index contributed by atoms with van der Waals surface area (Å²) in [5.41, 5.74) is 0.672. The van der Waals surface area contributed by atoms with Gasteiger partial charge in [0.15, 0.2) is 5.78 Å². The average molecular weight is 285 g/mol. The highest BCUT2D eigenvalue weighted by molar-refractivity contribution is 9.10. The number of halogens is 1. The van der Waals surface area contributed by atoms with Crippen molar-refractivity contribution in [2.45, 2.75) is 27.2 Å². The van der Waals surface area contributed by atoms with Crippen molar-refractivity contribution in [2.24, 2.45) is 5.92 Å². The van der Waals surface area contributed by atoms with Crippen molar-refractivity contribution in [3.63, 3.8) is 0 Å². The molecule has 0 aliphatic heterocycles. The summed E-state index contributed by atoms with van der Waals surface area (Å²) in [4.78, 5) is 12.1. The van der Waals surface area contributed by atoms with Crippen LogP contribution in [0.1, 0.15) is 37.6 Å². The molecule has 0 radical (unpaired) electrons. The predicted molar refractivity (Wildman–Crippen MR) is 69.1 cm³/mol. The van der Waals surface area contributed by atoms with Crippen LogP contribution in [0.4, 0.5) is 0 Å². The summed E-state index contributed by atoms with van der Waals surface area (Å²) in [6, 6.07) is 5.56. The van der Waals surface area contributed by atoms with Crippen molar-refractivity contribution in [2.75, 3.05) is 6.61 Å². The van der Waals surface area contributed by atoms with Gasteiger partial charge in [-0.15, -0.1) is 0 Å². The topological polar surface area (TPSA) is 26.3 Å². The predicted octanol–water partition coefficient (Wildman–Crippen LogP) is 4.08. The molecule has 0 aliphatic rings. The number of hydrogen-bond donors (Lipinski definition) is 0. The van der Waals surface area contributed by atoms with Gasteiger partial charge in [0.2, 0.25) is 0 Å². The molecule has 0 aliphatic carbocycles. The van der Waals surface area contributed by atoms with Crippen LogP contribution in [-0.4, -0.2) is 12.4 Å². The lowest BCUT2D eigenvalue weighted by Crippen LogP contribution is -2.12. The molecule has 88 valence electrons. The van der Waals surface area contributed by atoms with Gasteiger partial charge in [-0.05, 0) is 31.5 Å². The number of ketones is 1. The van der Waals surface area contributed by atoms with E-state index in [0.29, 0.717) is 17.9 Å². The number of benzene rings is 1. The molecule has 0 saturated carbocycles. The summed E-state index contributed by atoms with van der Waals surface area (Å²) in [6.07, 6.45) is 0.844. The summed E-state index contributed by atoms with van der Waals surface area (Å²) in [5.74, 6) is 0.858. The van der Waals surface area contributed by atoms with Crippen molar-refractivity contribution in [1.82, 2.24) is 0 Å². The minimum Gasteiger partial charge on any atom is -0.493 e. The van der Waals surface area contributed by atoms with E-state index in [1.54, 1.807) is 0 Å². The molecular formula is C13H17BrO2. The van der Waals surface area contributed by atoms with Crippen LogP contribution in [0, 0.1) is 5.92 Å². The number of carbonyl (C=O) groups is 1. The maximum Gasteiger partial charge on any atom is 0.169 e. The van der Waals surface area contributed by atoms with Crippen LogP contribution in [0.3, 0.4) is 0 Å². The fraction of sp³-hybridized carbons (Fsp3) is 0.462. The fourth-order valence-electron chi connectivity index (χ4n) is 1.43. The second kappa shape index (κ2) is 6.04. The fourth-order valence-corrected chi connectivity index (χ4v) is 1.79. The lowest BCUT2D eigenvalue weighted by atomic mass is 9.96. The van der Waals surface area contributed by atoms with Gasteiger partial charge in [0.25, 0.3) is 0 Å². The molecule has 0 spiro atoms. The monoisotopic (exact) mass is 284 g/mol. The first-order chi connectivity index (χ1) is 7.60. The second-order valence-electron chi connectivity index (χ2n) is 3.75. The SMILES string of the molecule is CCOc1ccc(Br)cc1C(=O)C(C)CC. The van der Waals surface area contributed by atoms with Crippen LogP contribution >= 0.6 is 15.9 Å². The lowest BCUT2D eigenvalue weighted by molar-refractivity contribution is 0.0923. The zero-order chi connectivity index (χ0) is 12.1. The average Bonchev–Trinajstić information content (AvgIpc) is 2.29. The quantitative estimate of drug-likeness (QED) is 0.762. The number of rotatable bonds is 5. The van der Waals surface area contributed by atoms with E-state index in [2.05, 4.69) is 15.9 Å². The summed E-state index contributed by atoms with van der Waals surface area (Å²) in [7, 11) is 0. The number of Topliss-reactive ketones (excluding diaryl/α,β-unsaturated/α-hetero) is 1. The maximum atomic E-state index is 12.1. The second-order valence-corrected chi connectivity index (χ2v) is 4.66. The molecular weight excluding hydrogens is 268 g/mol. The van der Waals surface area contributed by atoms with Crippen LogP contribution in [0.15, 0.2) is 22.7 Å². The van der Waals surface area contributed by atoms with Crippen molar-refractivity contribution >= 4 is 21.7 Å². The van der Waals surface area contributed by atoms with E-state index in [4.69, 9.17) is 4.74 Å². The van der Waals surface area contributed by atoms with Crippen molar-refractivity contribution < 1.29 is 9.53 Å². The maximum absolute atomic E-state index is 12.1. The molecule has 3 heteroatoms. The molecule has 0 saturated heterocycles. The molecule has 0 amide bonds. The van der Waals surface area contributed by atoms with Gasteiger partial charge in [-0.1, -0.05) is 29.8 Å². The van der Waals surface area contributed by atoms with E-state index < -0.39 is 0 Å². The van der Waals surface area contributed by atoms with Gasteiger partial charge in [-0.2, -0.15) is 0 Å². The highest BCUT2D eigenvalue weighted by atomic mass is 79.9. The number of hydrogen-bond acceptors (Lipinski definition) is 2. The normalized spacial score (nSPS) is 12.2. The Morgan fingerprint density at radius 1 is 1.44 bits per heavy atom. The zero-order valence-electron chi connectivity index (χ0n) is 9.92. The summed E-state index contributed by atoms with van der Waals surface area (Å²) in [5, 5.41) is 0. The Balaban J connectivity index is 3.08. The van der Waals surface area contributed by atoms with E-state index in [1.165, 1.54) is 0 Å². The summed E-state index contributed by atoms with van der Waals surface area (Å²) >= 11 is 3.38. The Bertz CT molecular complexity index is 374. The van der Waals surface area contributed by atoms with Crippen LogP contribution in [0.25, 0.3) is 0 Å². The van der Waals surface area contributed by atoms with Crippen LogP contribution in [-0.2, 0) is 0 Å². The Kier molecular flexibility index (Phi) is 5.00. The van der Waals surface area contributed by atoms with Gasteiger partial charge < -0.3 is 4.74 Å². The van der Waals surface area contributed by atoms with E-state index in [-0.39, 0.29) is 11.7 Å². The summed E-state index contributed by atoms with van der Waals surface area (Å²) < 4.78 is 6.37. The largest absolute Gasteiger partial charge is 0.493 e. The van der Waals surface area contributed by atoms with Crippen LogP contribution in [0.2, 0.25) is 0 Å². The van der Waals surface area contributed by atoms with E-state index in [9.17, 15) is 4.79 Å². The van der Waals surface area contributed by atoms with Crippen molar-refractivity contribution in [3.8, 4) is 5.75 Å². The smallest absolute Gasteiger partial charge is 0.169 e. The van der Waals surface area contributed by atoms with Crippen LogP contribution in [0.5, 0.6) is 5.75 Å². The molecule has 0 heterocycles. The lowest BCUT2D eigenvalue weighted by Gasteiger charge is -2.12. The first-order valence-corrected chi connectivity index (χ1v) is 6.36. The molecule has 2 nitrogen and oxygen atoms in total. The Hall–Kier alpha value is -0.830. The minimum atomic E-state index is 0.0357. The molecule has 0 fully saturated rings. The third kappa shape index (κ3) is 3.08. The number of ether oxygens (including phenoxy) is 1. The minimum absolute atomic E-state index is 0.0357. The third-order valence-corrected chi connectivity index (χ3v) is 3.06. The van der Waals surface area contributed by atoms with E-state index >= 15 is 0 Å². The van der Waals surface area contributed by atoms with Gasteiger partial charge in [0, 0.05) is 10.4 Å². The molecule has 0 bridgehead atoms. The molecule has 16 heavy (non-hydrogen) atoms. The van der Waals surface area contributed by atoms with Gasteiger partial charge in [0.1, 0.15) is 5.75 Å². The van der Waals surface area contributed by atoms with E-state index in [0.717, 1.165) is 10.9 Å². The standard InChI is InChI=1S/C13H17BrO2/c1-4-9(3)13(15)11-8-10(14)6-7-12(11)16-5-2/h6-9H,4-5H2,1-3H3. The van der Waals surface area contributed by atoms with Gasteiger partial charge >= 0.3 is 0 Å². The first kappa shape index (κ1) is 13.2. The Morgan fingerprint density at radius 2 is 2.12 bits per heavy atom. The first-order valence-electron chi connectivity index (χ1n) is 5.56. The molecule has 0 aromatic heterocycles. The molecule has 1 aromatic carbocycles. The molecule has 1 unspecified atom stereocenters. The number of carbonyl (C=O) groups excluding carboxylic acids is 1. The van der Waals surface area contributed by atoms with Gasteiger partial charge in [-0.25, -0.2) is 0 Å². The van der Waals surface area contributed by atoms with Crippen LogP contribution < -0.4 is 4.74 Å². The van der Waals surface area contributed by atoms with E-state index in [1.807, 2.05) is 39.0 Å². The zero-order valence-corrected chi connectivity index (χ0v) is 11.5. The van der Waals surface area contributed by atoms with Crippen molar-refractivity contribution in [1.29, 1.82) is 0 Å². The Morgan fingerprint density at radius 3 is 2.69 bits per heavy atom. The molecule has 1 atom stereocenters. The van der Waals surface area contributed by atoms with Gasteiger partial charge in [-0.3, -0.25) is 4.79 Å². The van der Waals surface area contributed by atoms with Crippen molar-refractivity contribution in [3.05, 3.63) is 28.2 Å². The molecule has 1 rings (SSSR count). The summed E-state index contributed by atoms with van der Waals surface area (Å²) in [6.45, 7) is 6.45. The molecule has 0 N–H and O–H groups in total. The Labute approximate surface area is 105 Å². The third-order valence-electron chi connectivity index (χ3n) is 2.57. The molecule has 1 aromatic rings. The highest BCUT2D eigenvalue weighted by Crippen LogP contribution is 2.26. The van der Waals surface area contributed by atoms with Gasteiger partial charge in [0.05, 0.1) is 12.2 Å². The highest BCUT2D eigenvalue weighted by Gasteiger charge is 2.18.